The van der Waals surface area contributed by atoms with Crippen LogP contribution in [0.3, 0.4) is 0 Å². The number of esters is 1. The van der Waals surface area contributed by atoms with Crippen molar-refractivity contribution in [1.29, 1.82) is 0 Å². The maximum Gasteiger partial charge on any atom is 0.415 e. The van der Waals surface area contributed by atoms with Crippen molar-refractivity contribution in [2.45, 2.75) is 77.7 Å². The molecule has 1 aliphatic heterocycles. The van der Waals surface area contributed by atoms with Gasteiger partial charge in [0.1, 0.15) is 11.8 Å². The monoisotopic (exact) mass is 716 g/mol. The van der Waals surface area contributed by atoms with Crippen molar-refractivity contribution in [2.75, 3.05) is 38.1 Å². The number of hydrogen-bond acceptors (Lipinski definition) is 9. The Hall–Kier alpha value is -5.33. The van der Waals surface area contributed by atoms with Gasteiger partial charge in [0.25, 0.3) is 11.8 Å². The molecule has 2 N–H and O–H groups in total. The van der Waals surface area contributed by atoms with Crippen LogP contribution >= 0.6 is 0 Å². The normalized spacial score (nSPS) is 15.5. The zero-order chi connectivity index (χ0) is 37.0. The molecule has 13 heteroatoms. The largest absolute Gasteiger partial charge is 0.483 e. The van der Waals surface area contributed by atoms with Crippen LogP contribution in [0.1, 0.15) is 87.8 Å². The molecule has 0 radical (unpaired) electrons. The number of benzene rings is 2. The van der Waals surface area contributed by atoms with Gasteiger partial charge < -0.3 is 39.1 Å². The first kappa shape index (κ1) is 37.9. The molecule has 0 bridgehead atoms. The Balaban J connectivity index is 1.24. The topological polar surface area (TPSA) is 157 Å². The van der Waals surface area contributed by atoms with E-state index in [9.17, 15) is 24.0 Å². The fourth-order valence-electron chi connectivity index (χ4n) is 6.46. The molecular formula is C39H48N4O9. The van der Waals surface area contributed by atoms with E-state index in [1.54, 1.807) is 30.0 Å². The van der Waals surface area contributed by atoms with Crippen LogP contribution in [0.2, 0.25) is 0 Å². The average molecular weight is 717 g/mol. The van der Waals surface area contributed by atoms with E-state index in [1.807, 2.05) is 32.0 Å². The summed E-state index contributed by atoms with van der Waals surface area (Å²) >= 11 is 0. The first-order valence-corrected chi connectivity index (χ1v) is 18.1. The van der Waals surface area contributed by atoms with Gasteiger partial charge in [-0.05, 0) is 67.0 Å². The van der Waals surface area contributed by atoms with Crippen LogP contribution in [0.5, 0.6) is 17.2 Å². The second kappa shape index (κ2) is 18.2. The number of rotatable bonds is 13. The van der Waals surface area contributed by atoms with Crippen molar-refractivity contribution < 1.29 is 42.6 Å². The first-order chi connectivity index (χ1) is 25.1. The summed E-state index contributed by atoms with van der Waals surface area (Å²) < 4.78 is 22.5. The number of nitrogens with one attached hydrogen (secondary N) is 2. The molecule has 2 aliphatic rings. The zero-order valence-corrected chi connectivity index (χ0v) is 30.1. The minimum atomic E-state index is -0.939. The predicted octanol–water partition coefficient (Wildman–Crippen LogP) is 6.15. The lowest BCUT2D eigenvalue weighted by molar-refractivity contribution is -0.134. The fraction of sp³-hybridized carbons (Fsp3) is 0.462. The van der Waals surface area contributed by atoms with Gasteiger partial charge in [-0.3, -0.25) is 19.2 Å². The molecule has 278 valence electrons. The Labute approximate surface area is 303 Å². The van der Waals surface area contributed by atoms with Crippen LogP contribution in [0.4, 0.5) is 10.5 Å². The molecule has 5 rings (SSSR count). The van der Waals surface area contributed by atoms with E-state index >= 15 is 0 Å². The summed E-state index contributed by atoms with van der Waals surface area (Å²) in [6, 6.07) is 14.6. The van der Waals surface area contributed by atoms with Gasteiger partial charge >= 0.3 is 12.1 Å². The van der Waals surface area contributed by atoms with Gasteiger partial charge in [0, 0.05) is 32.6 Å². The third-order valence-electron chi connectivity index (χ3n) is 9.18. The number of carbonyl (C=O) groups is 5. The number of furan rings is 1. The minimum absolute atomic E-state index is 0.0250. The van der Waals surface area contributed by atoms with E-state index in [-0.39, 0.29) is 74.0 Å². The Morgan fingerprint density at radius 2 is 1.56 bits per heavy atom. The number of nitrogens with zero attached hydrogens (tertiary/aromatic N) is 2. The molecule has 52 heavy (non-hydrogen) atoms. The summed E-state index contributed by atoms with van der Waals surface area (Å²) in [7, 11) is 0. The highest BCUT2D eigenvalue weighted by Gasteiger charge is 2.30. The van der Waals surface area contributed by atoms with Gasteiger partial charge in [0.2, 0.25) is 5.91 Å². The Bertz CT molecular complexity index is 1690. The molecule has 13 nitrogen and oxygen atoms in total. The minimum Gasteiger partial charge on any atom is -0.483 e. The van der Waals surface area contributed by atoms with E-state index in [2.05, 4.69) is 16.7 Å². The molecule has 4 amide bonds. The summed E-state index contributed by atoms with van der Waals surface area (Å²) in [5.74, 6) is -0.756. The van der Waals surface area contributed by atoms with Gasteiger partial charge in [-0.2, -0.15) is 0 Å². The lowest BCUT2D eigenvalue weighted by Crippen LogP contribution is -2.51. The molecule has 3 aromatic rings. The smallest absolute Gasteiger partial charge is 0.415 e. The van der Waals surface area contributed by atoms with Gasteiger partial charge in [0.15, 0.2) is 23.9 Å². The molecule has 1 atom stereocenters. The lowest BCUT2D eigenvalue weighted by atomic mass is 9.84. The van der Waals surface area contributed by atoms with E-state index in [0.717, 1.165) is 18.4 Å². The molecule has 2 aromatic carbocycles. The highest BCUT2D eigenvalue weighted by Crippen LogP contribution is 2.38. The van der Waals surface area contributed by atoms with Crippen molar-refractivity contribution in [3.8, 4) is 17.2 Å². The van der Waals surface area contributed by atoms with Crippen LogP contribution in [-0.2, 0) is 14.4 Å². The number of para-hydroxylation sites is 2. The molecule has 0 unspecified atom stereocenters. The highest BCUT2D eigenvalue weighted by atomic mass is 16.6. The van der Waals surface area contributed by atoms with Gasteiger partial charge in [-0.1, -0.05) is 64.3 Å². The Morgan fingerprint density at radius 1 is 0.846 bits per heavy atom. The molecule has 1 aliphatic carbocycles. The maximum absolute atomic E-state index is 13.7. The lowest BCUT2D eigenvalue weighted by Gasteiger charge is -2.33. The van der Waals surface area contributed by atoms with Gasteiger partial charge in [0.05, 0.1) is 12.0 Å². The summed E-state index contributed by atoms with van der Waals surface area (Å²) in [6.07, 6.45) is 6.81. The summed E-state index contributed by atoms with van der Waals surface area (Å²) in [5.41, 5.74) is 1.19. The average Bonchev–Trinajstić information content (AvgIpc) is 3.70. The van der Waals surface area contributed by atoms with Crippen molar-refractivity contribution >= 4 is 35.5 Å². The Morgan fingerprint density at radius 3 is 2.25 bits per heavy atom. The van der Waals surface area contributed by atoms with Crippen LogP contribution < -0.4 is 24.8 Å². The first-order valence-electron chi connectivity index (χ1n) is 18.1. The molecular weight excluding hydrogens is 668 g/mol. The second-order valence-corrected chi connectivity index (χ2v) is 13.5. The van der Waals surface area contributed by atoms with E-state index in [0.29, 0.717) is 18.1 Å². The van der Waals surface area contributed by atoms with Gasteiger partial charge in [-0.25, -0.2) is 4.79 Å². The quantitative estimate of drug-likeness (QED) is 0.157. The van der Waals surface area contributed by atoms with Crippen molar-refractivity contribution in [3.05, 3.63) is 72.2 Å². The van der Waals surface area contributed by atoms with E-state index in [1.165, 1.54) is 42.6 Å². The standard InChI is InChI=1S/C39H48N4O9/c1-4-35(45)52-36-29(15-10-17-32(36)51-39(48)43-21-19-42(20-22-43)38(47)33-18-11-23-49-33)41-37(46)30(24-26(2)3)40-34(44)25-50-31-16-9-8-14-28(31)27-12-6-5-7-13-27/h8-11,14-18,23,26-27,30H,4-7,12-13,19-22,24-25H2,1-3H3,(H,40,44)(H,41,46)/t30-/m0/s1. The number of piperazine rings is 1. The summed E-state index contributed by atoms with van der Waals surface area (Å²) in [4.78, 5) is 68.3. The SMILES string of the molecule is CCC(=O)Oc1c(NC(=O)[C@H](CC(C)C)NC(=O)COc2ccccc2C2CCCCC2)cccc1OC(=O)N1CCN(C(=O)c2ccco2)CC1. The van der Waals surface area contributed by atoms with Crippen molar-refractivity contribution in [3.63, 3.8) is 0 Å². The van der Waals surface area contributed by atoms with Gasteiger partial charge in [-0.15, -0.1) is 0 Å². The number of amides is 4. The molecule has 0 spiro atoms. The zero-order valence-electron chi connectivity index (χ0n) is 30.1. The van der Waals surface area contributed by atoms with E-state index in [4.69, 9.17) is 18.6 Å². The number of anilines is 1. The fourth-order valence-corrected chi connectivity index (χ4v) is 6.46. The number of ether oxygens (including phenoxy) is 3. The number of carbonyl (C=O) groups excluding carboxylic acids is 5. The van der Waals surface area contributed by atoms with Crippen LogP contribution in [-0.4, -0.2) is 78.4 Å². The third-order valence-corrected chi connectivity index (χ3v) is 9.18. The van der Waals surface area contributed by atoms with Crippen LogP contribution in [0, 0.1) is 5.92 Å². The number of hydrogen-bond donors (Lipinski definition) is 2. The summed E-state index contributed by atoms with van der Waals surface area (Å²) in [6.45, 7) is 6.17. The Kier molecular flexibility index (Phi) is 13.3. The highest BCUT2D eigenvalue weighted by molar-refractivity contribution is 5.99. The molecule has 1 saturated heterocycles. The molecule has 1 saturated carbocycles. The molecule has 2 heterocycles. The van der Waals surface area contributed by atoms with Crippen molar-refractivity contribution in [1.82, 2.24) is 15.1 Å². The third kappa shape index (κ3) is 10.1. The molecule has 1 aromatic heterocycles. The molecule has 2 fully saturated rings. The predicted molar refractivity (Wildman–Crippen MR) is 192 cm³/mol. The van der Waals surface area contributed by atoms with Crippen LogP contribution in [0.15, 0.2) is 65.3 Å². The maximum atomic E-state index is 13.7. The second-order valence-electron chi connectivity index (χ2n) is 13.5. The van der Waals surface area contributed by atoms with Crippen molar-refractivity contribution in [2.24, 2.45) is 5.92 Å². The summed E-state index contributed by atoms with van der Waals surface area (Å²) in [5, 5.41) is 5.58. The van der Waals surface area contributed by atoms with Crippen LogP contribution in [0.25, 0.3) is 0 Å². The van der Waals surface area contributed by atoms with E-state index < -0.39 is 29.9 Å².